The van der Waals surface area contributed by atoms with E-state index in [9.17, 15) is 4.79 Å². The molecule has 8 heteroatoms. The highest BCUT2D eigenvalue weighted by Crippen LogP contribution is 2.22. The zero-order chi connectivity index (χ0) is 20.1. The highest BCUT2D eigenvalue weighted by Gasteiger charge is 2.27. The normalized spacial score (nSPS) is 16.6. The van der Waals surface area contributed by atoms with E-state index in [4.69, 9.17) is 16.3 Å². The second-order valence-electron chi connectivity index (χ2n) is 7.01. The van der Waals surface area contributed by atoms with Gasteiger partial charge >= 0.3 is 6.03 Å². The molecule has 3 rings (SSSR count). The number of aromatic nitrogens is 2. The number of halogens is 1. The summed E-state index contributed by atoms with van der Waals surface area (Å²) >= 11 is 6.06. The molecule has 0 radical (unpaired) electrons. The standard InChI is InChI=1S/C20H26ClN5O2/c1-14-9-15(6-7-17(14)21)11-22-20(27)25(2)16-5-4-8-26(12-16)18-10-19(28-3)24-13-23-18/h6-7,9-10,13,16H,4-5,8,11-12H2,1-3H3,(H,22,27)/t16-/m1/s1. The van der Waals surface area contributed by atoms with Gasteiger partial charge in [-0.1, -0.05) is 23.7 Å². The van der Waals surface area contributed by atoms with Gasteiger partial charge in [0.1, 0.15) is 12.1 Å². The lowest BCUT2D eigenvalue weighted by molar-refractivity contribution is 0.182. The summed E-state index contributed by atoms with van der Waals surface area (Å²) in [5.74, 6) is 1.36. The molecular formula is C20H26ClN5O2. The molecule has 1 aromatic carbocycles. The molecule has 2 heterocycles. The summed E-state index contributed by atoms with van der Waals surface area (Å²) in [6, 6.07) is 7.64. The molecule has 150 valence electrons. The van der Waals surface area contributed by atoms with Crippen LogP contribution in [0.25, 0.3) is 0 Å². The minimum atomic E-state index is -0.0836. The zero-order valence-electron chi connectivity index (χ0n) is 16.5. The number of urea groups is 1. The van der Waals surface area contributed by atoms with Crippen molar-refractivity contribution in [3.05, 3.63) is 46.7 Å². The predicted octanol–water partition coefficient (Wildman–Crippen LogP) is 3.26. The Labute approximate surface area is 170 Å². The fraction of sp³-hybridized carbons (Fsp3) is 0.450. The number of nitrogens with zero attached hydrogens (tertiary/aromatic N) is 4. The van der Waals surface area contributed by atoms with E-state index in [1.54, 1.807) is 12.0 Å². The Morgan fingerprint density at radius 2 is 2.21 bits per heavy atom. The third-order valence-electron chi connectivity index (χ3n) is 5.09. The van der Waals surface area contributed by atoms with Crippen LogP contribution in [0.5, 0.6) is 5.88 Å². The first-order chi connectivity index (χ1) is 13.5. The number of piperidine rings is 1. The Morgan fingerprint density at radius 1 is 1.39 bits per heavy atom. The van der Waals surface area contributed by atoms with Crippen LogP contribution in [0.2, 0.25) is 5.02 Å². The molecule has 0 spiro atoms. The number of hydrogen-bond acceptors (Lipinski definition) is 5. The zero-order valence-corrected chi connectivity index (χ0v) is 17.2. The number of hydrogen-bond donors (Lipinski definition) is 1. The van der Waals surface area contributed by atoms with Gasteiger partial charge in [-0.05, 0) is 37.0 Å². The fourth-order valence-corrected chi connectivity index (χ4v) is 3.50. The number of rotatable bonds is 5. The topological polar surface area (TPSA) is 70.6 Å². The molecule has 2 amide bonds. The molecule has 1 saturated heterocycles. The van der Waals surface area contributed by atoms with Gasteiger partial charge in [0.2, 0.25) is 5.88 Å². The average molecular weight is 404 g/mol. The van der Waals surface area contributed by atoms with Crippen LogP contribution in [0, 0.1) is 6.92 Å². The molecule has 28 heavy (non-hydrogen) atoms. The van der Waals surface area contributed by atoms with Crippen molar-refractivity contribution in [2.24, 2.45) is 0 Å². The molecule has 1 aromatic heterocycles. The van der Waals surface area contributed by atoms with Crippen molar-refractivity contribution in [1.82, 2.24) is 20.2 Å². The number of ether oxygens (including phenoxy) is 1. The summed E-state index contributed by atoms with van der Waals surface area (Å²) < 4.78 is 5.19. The van der Waals surface area contributed by atoms with Crippen LogP contribution >= 0.6 is 11.6 Å². The SMILES string of the molecule is COc1cc(N2CCC[C@@H](N(C)C(=O)NCc3ccc(Cl)c(C)c3)C2)ncn1. The lowest BCUT2D eigenvalue weighted by Crippen LogP contribution is -2.51. The number of carbonyl (C=O) groups is 1. The van der Waals surface area contributed by atoms with Gasteiger partial charge in [-0.2, -0.15) is 0 Å². The van der Waals surface area contributed by atoms with Crippen LogP contribution in [0.3, 0.4) is 0 Å². The minimum absolute atomic E-state index is 0.0836. The van der Waals surface area contributed by atoms with Crippen LogP contribution in [-0.4, -0.2) is 54.2 Å². The molecule has 1 fully saturated rings. The van der Waals surface area contributed by atoms with Gasteiger partial charge in [0.15, 0.2) is 0 Å². The summed E-state index contributed by atoms with van der Waals surface area (Å²) in [6.07, 6.45) is 3.45. The summed E-state index contributed by atoms with van der Waals surface area (Å²) in [6.45, 7) is 4.06. The third-order valence-corrected chi connectivity index (χ3v) is 5.52. The summed E-state index contributed by atoms with van der Waals surface area (Å²) in [7, 11) is 3.43. The first-order valence-electron chi connectivity index (χ1n) is 9.34. The Hall–Kier alpha value is -2.54. The van der Waals surface area contributed by atoms with Gasteiger partial charge in [0.05, 0.1) is 13.2 Å². The van der Waals surface area contributed by atoms with Crippen molar-refractivity contribution in [3.8, 4) is 5.88 Å². The Kier molecular flexibility index (Phi) is 6.57. The van der Waals surface area contributed by atoms with Crippen molar-refractivity contribution in [1.29, 1.82) is 0 Å². The molecule has 1 aliphatic rings. The van der Waals surface area contributed by atoms with Gasteiger partial charge in [0, 0.05) is 37.8 Å². The maximum Gasteiger partial charge on any atom is 0.317 e. The Morgan fingerprint density at radius 3 is 2.96 bits per heavy atom. The molecule has 0 bridgehead atoms. The van der Waals surface area contributed by atoms with Gasteiger partial charge in [-0.3, -0.25) is 0 Å². The van der Waals surface area contributed by atoms with Crippen molar-refractivity contribution < 1.29 is 9.53 Å². The molecular weight excluding hydrogens is 378 g/mol. The van der Waals surface area contributed by atoms with Crippen molar-refractivity contribution in [3.63, 3.8) is 0 Å². The number of likely N-dealkylation sites (N-methyl/N-ethyl adjacent to an activating group) is 1. The van der Waals surface area contributed by atoms with E-state index < -0.39 is 0 Å². The number of nitrogens with one attached hydrogen (secondary N) is 1. The average Bonchev–Trinajstić information content (AvgIpc) is 2.74. The first kappa shape index (κ1) is 20.2. The molecule has 0 aliphatic carbocycles. The number of methoxy groups -OCH3 is 1. The fourth-order valence-electron chi connectivity index (χ4n) is 3.38. The van der Waals surface area contributed by atoms with Gasteiger partial charge in [-0.25, -0.2) is 14.8 Å². The number of benzene rings is 1. The second-order valence-corrected chi connectivity index (χ2v) is 7.42. The van der Waals surface area contributed by atoms with E-state index >= 15 is 0 Å². The number of aryl methyl sites for hydroxylation is 1. The van der Waals surface area contributed by atoms with E-state index in [1.807, 2.05) is 38.2 Å². The van der Waals surface area contributed by atoms with E-state index in [1.165, 1.54) is 6.33 Å². The van der Waals surface area contributed by atoms with Gasteiger partial charge in [0.25, 0.3) is 0 Å². The van der Waals surface area contributed by atoms with E-state index in [0.29, 0.717) is 12.4 Å². The lowest BCUT2D eigenvalue weighted by Gasteiger charge is -2.38. The number of amides is 2. The monoisotopic (exact) mass is 403 g/mol. The number of anilines is 1. The summed E-state index contributed by atoms with van der Waals surface area (Å²) in [5.41, 5.74) is 2.03. The highest BCUT2D eigenvalue weighted by molar-refractivity contribution is 6.31. The van der Waals surface area contributed by atoms with Crippen LogP contribution in [0.15, 0.2) is 30.6 Å². The Balaban J connectivity index is 1.58. The quantitative estimate of drug-likeness (QED) is 0.829. The predicted molar refractivity (Wildman–Crippen MR) is 110 cm³/mol. The maximum absolute atomic E-state index is 12.6. The molecule has 7 nitrogen and oxygen atoms in total. The van der Waals surface area contributed by atoms with Gasteiger partial charge in [-0.15, -0.1) is 0 Å². The van der Waals surface area contributed by atoms with E-state index in [2.05, 4.69) is 20.2 Å². The highest BCUT2D eigenvalue weighted by atomic mass is 35.5. The molecule has 0 unspecified atom stereocenters. The largest absolute Gasteiger partial charge is 0.481 e. The van der Waals surface area contributed by atoms with Crippen molar-refractivity contribution in [2.45, 2.75) is 32.4 Å². The summed E-state index contributed by atoms with van der Waals surface area (Å²) in [4.78, 5) is 25.0. The third kappa shape index (κ3) is 4.84. The van der Waals surface area contributed by atoms with Crippen LogP contribution in [0.4, 0.5) is 10.6 Å². The molecule has 1 aliphatic heterocycles. The number of carbonyl (C=O) groups excluding carboxylic acids is 1. The van der Waals surface area contributed by atoms with Crippen molar-refractivity contribution in [2.75, 3.05) is 32.1 Å². The summed E-state index contributed by atoms with van der Waals surface area (Å²) in [5, 5.41) is 3.73. The van der Waals surface area contributed by atoms with Crippen LogP contribution in [0.1, 0.15) is 24.0 Å². The van der Waals surface area contributed by atoms with Crippen LogP contribution in [-0.2, 0) is 6.54 Å². The first-order valence-corrected chi connectivity index (χ1v) is 9.72. The van der Waals surface area contributed by atoms with E-state index in [-0.39, 0.29) is 12.1 Å². The lowest BCUT2D eigenvalue weighted by atomic mass is 10.0. The van der Waals surface area contributed by atoms with Crippen LogP contribution < -0.4 is 15.0 Å². The molecule has 2 aromatic rings. The Bertz CT molecular complexity index is 832. The minimum Gasteiger partial charge on any atom is -0.481 e. The second kappa shape index (κ2) is 9.10. The molecule has 1 atom stereocenters. The van der Waals surface area contributed by atoms with Crippen molar-refractivity contribution >= 4 is 23.4 Å². The van der Waals surface area contributed by atoms with E-state index in [0.717, 1.165) is 47.9 Å². The smallest absolute Gasteiger partial charge is 0.317 e. The maximum atomic E-state index is 12.6. The molecule has 1 N–H and O–H groups in total. The van der Waals surface area contributed by atoms with Gasteiger partial charge < -0.3 is 19.9 Å². The molecule has 0 saturated carbocycles.